The van der Waals surface area contributed by atoms with Crippen molar-refractivity contribution >= 4 is 0 Å². The number of benzene rings is 1. The molecule has 0 aliphatic heterocycles. The molecule has 4 nitrogen and oxygen atoms in total. The van der Waals surface area contributed by atoms with Crippen molar-refractivity contribution in [3.8, 4) is 11.4 Å². The van der Waals surface area contributed by atoms with Gasteiger partial charge in [-0.2, -0.15) is 4.98 Å². The SMILES string of the molecule is CCCNCc1nc(-c2ccc(F)cc2)no1. The van der Waals surface area contributed by atoms with E-state index >= 15 is 0 Å². The Morgan fingerprint density at radius 3 is 2.76 bits per heavy atom. The molecule has 2 rings (SSSR count). The Morgan fingerprint density at radius 1 is 1.29 bits per heavy atom. The van der Waals surface area contributed by atoms with Gasteiger partial charge in [0.1, 0.15) is 5.82 Å². The van der Waals surface area contributed by atoms with Crippen molar-refractivity contribution in [1.82, 2.24) is 15.5 Å². The van der Waals surface area contributed by atoms with Crippen LogP contribution in [-0.4, -0.2) is 16.7 Å². The van der Waals surface area contributed by atoms with E-state index in [1.807, 2.05) is 0 Å². The number of nitrogens with zero attached hydrogens (tertiary/aromatic N) is 2. The van der Waals surface area contributed by atoms with Crippen LogP contribution in [0.15, 0.2) is 28.8 Å². The zero-order chi connectivity index (χ0) is 12.1. The highest BCUT2D eigenvalue weighted by atomic mass is 19.1. The van der Waals surface area contributed by atoms with Gasteiger partial charge < -0.3 is 9.84 Å². The first-order valence-electron chi connectivity index (χ1n) is 5.59. The highest BCUT2D eigenvalue weighted by Crippen LogP contribution is 2.15. The molecule has 0 bridgehead atoms. The van der Waals surface area contributed by atoms with Gasteiger partial charge in [0.25, 0.3) is 0 Å². The summed E-state index contributed by atoms with van der Waals surface area (Å²) in [7, 11) is 0. The van der Waals surface area contributed by atoms with Gasteiger partial charge in [-0.25, -0.2) is 4.39 Å². The highest BCUT2D eigenvalue weighted by Gasteiger charge is 2.07. The summed E-state index contributed by atoms with van der Waals surface area (Å²) in [6, 6.07) is 6.01. The third-order valence-electron chi connectivity index (χ3n) is 2.27. The molecule has 1 aromatic carbocycles. The van der Waals surface area contributed by atoms with Crippen molar-refractivity contribution in [2.45, 2.75) is 19.9 Å². The van der Waals surface area contributed by atoms with E-state index in [4.69, 9.17) is 4.52 Å². The standard InChI is InChI=1S/C12H14FN3O/c1-2-7-14-8-11-15-12(16-17-11)9-3-5-10(13)6-4-9/h3-6,14H,2,7-8H2,1H3. The van der Waals surface area contributed by atoms with Crippen molar-refractivity contribution in [2.24, 2.45) is 0 Å². The third kappa shape index (κ3) is 3.10. The fraction of sp³-hybridized carbons (Fsp3) is 0.333. The summed E-state index contributed by atoms with van der Waals surface area (Å²) < 4.78 is 17.8. The maximum absolute atomic E-state index is 12.7. The summed E-state index contributed by atoms with van der Waals surface area (Å²) in [5.74, 6) is 0.748. The minimum absolute atomic E-state index is 0.276. The van der Waals surface area contributed by atoms with Crippen molar-refractivity contribution in [1.29, 1.82) is 0 Å². The highest BCUT2D eigenvalue weighted by molar-refractivity contribution is 5.53. The lowest BCUT2D eigenvalue weighted by Gasteiger charge is -1.95. The average molecular weight is 235 g/mol. The lowest BCUT2D eigenvalue weighted by Crippen LogP contribution is -2.13. The molecular formula is C12H14FN3O. The van der Waals surface area contributed by atoms with Gasteiger partial charge in [0, 0.05) is 5.56 Å². The first-order chi connectivity index (χ1) is 8.29. The molecule has 0 amide bonds. The average Bonchev–Trinajstić information content (AvgIpc) is 2.79. The van der Waals surface area contributed by atoms with Crippen LogP contribution in [0, 0.1) is 5.82 Å². The van der Waals surface area contributed by atoms with Crippen LogP contribution in [0.4, 0.5) is 4.39 Å². The molecule has 90 valence electrons. The van der Waals surface area contributed by atoms with Gasteiger partial charge in [-0.1, -0.05) is 12.1 Å². The maximum Gasteiger partial charge on any atom is 0.240 e. The second-order valence-corrected chi connectivity index (χ2v) is 3.70. The molecule has 1 heterocycles. The lowest BCUT2D eigenvalue weighted by atomic mass is 10.2. The Balaban J connectivity index is 2.04. The summed E-state index contributed by atoms with van der Waals surface area (Å²) in [5.41, 5.74) is 0.747. The summed E-state index contributed by atoms with van der Waals surface area (Å²) >= 11 is 0. The zero-order valence-corrected chi connectivity index (χ0v) is 9.61. The van der Waals surface area contributed by atoms with E-state index in [1.165, 1.54) is 12.1 Å². The molecule has 5 heteroatoms. The van der Waals surface area contributed by atoms with E-state index in [0.717, 1.165) is 18.5 Å². The normalized spacial score (nSPS) is 10.7. The van der Waals surface area contributed by atoms with Crippen LogP contribution in [0.3, 0.4) is 0 Å². The van der Waals surface area contributed by atoms with E-state index in [2.05, 4.69) is 22.4 Å². The molecule has 0 radical (unpaired) electrons. The molecule has 0 unspecified atom stereocenters. The predicted molar refractivity (Wildman–Crippen MR) is 61.7 cm³/mol. The summed E-state index contributed by atoms with van der Waals surface area (Å²) in [6.07, 6.45) is 1.05. The zero-order valence-electron chi connectivity index (χ0n) is 9.61. The number of aromatic nitrogens is 2. The molecule has 1 N–H and O–H groups in total. The second kappa shape index (κ2) is 5.54. The molecule has 2 aromatic rings. The topological polar surface area (TPSA) is 51.0 Å². The van der Waals surface area contributed by atoms with Gasteiger partial charge in [0.05, 0.1) is 6.54 Å². The van der Waals surface area contributed by atoms with E-state index in [-0.39, 0.29) is 5.82 Å². The molecular weight excluding hydrogens is 221 g/mol. The van der Waals surface area contributed by atoms with Crippen molar-refractivity contribution in [2.75, 3.05) is 6.54 Å². The molecule has 1 aromatic heterocycles. The molecule has 0 aliphatic carbocycles. The summed E-state index contributed by atoms with van der Waals surface area (Å²) in [5, 5.41) is 7.02. The van der Waals surface area contributed by atoms with Crippen molar-refractivity contribution in [3.63, 3.8) is 0 Å². The smallest absolute Gasteiger partial charge is 0.240 e. The van der Waals surface area contributed by atoms with Crippen LogP contribution < -0.4 is 5.32 Å². The van der Waals surface area contributed by atoms with E-state index in [1.54, 1.807) is 12.1 Å². The quantitative estimate of drug-likeness (QED) is 0.808. The molecule has 17 heavy (non-hydrogen) atoms. The number of hydrogen-bond acceptors (Lipinski definition) is 4. The first-order valence-corrected chi connectivity index (χ1v) is 5.59. The maximum atomic E-state index is 12.7. The number of nitrogens with one attached hydrogen (secondary N) is 1. The third-order valence-corrected chi connectivity index (χ3v) is 2.27. The van der Waals surface area contributed by atoms with Crippen molar-refractivity contribution in [3.05, 3.63) is 36.0 Å². The van der Waals surface area contributed by atoms with Gasteiger partial charge >= 0.3 is 0 Å². The Kier molecular flexibility index (Phi) is 3.82. The molecule has 0 saturated carbocycles. The van der Waals surface area contributed by atoms with Crippen LogP contribution in [0.25, 0.3) is 11.4 Å². The Bertz CT molecular complexity index is 467. The van der Waals surface area contributed by atoms with Gasteiger partial charge in [-0.05, 0) is 37.2 Å². The molecule has 0 spiro atoms. The molecule has 0 atom stereocenters. The van der Waals surface area contributed by atoms with E-state index < -0.39 is 0 Å². The van der Waals surface area contributed by atoms with Crippen LogP contribution >= 0.6 is 0 Å². The largest absolute Gasteiger partial charge is 0.338 e. The van der Waals surface area contributed by atoms with Gasteiger partial charge in [-0.15, -0.1) is 0 Å². The fourth-order valence-corrected chi connectivity index (χ4v) is 1.41. The van der Waals surface area contributed by atoms with Crippen LogP contribution in [-0.2, 0) is 6.54 Å². The summed E-state index contributed by atoms with van der Waals surface area (Å²) in [6.45, 7) is 3.56. The minimum atomic E-state index is -0.276. The Hall–Kier alpha value is -1.75. The van der Waals surface area contributed by atoms with Crippen molar-refractivity contribution < 1.29 is 8.91 Å². The fourth-order valence-electron chi connectivity index (χ4n) is 1.41. The van der Waals surface area contributed by atoms with Gasteiger partial charge in [-0.3, -0.25) is 0 Å². The molecule has 0 fully saturated rings. The Morgan fingerprint density at radius 2 is 2.06 bits per heavy atom. The monoisotopic (exact) mass is 235 g/mol. The number of rotatable bonds is 5. The lowest BCUT2D eigenvalue weighted by molar-refractivity contribution is 0.368. The second-order valence-electron chi connectivity index (χ2n) is 3.70. The van der Waals surface area contributed by atoms with Crippen LogP contribution in [0.5, 0.6) is 0 Å². The molecule has 0 aliphatic rings. The Labute approximate surface area is 98.8 Å². The molecule has 0 saturated heterocycles. The van der Waals surface area contributed by atoms with Gasteiger partial charge in [0.15, 0.2) is 0 Å². The number of halogens is 1. The first kappa shape index (κ1) is 11.7. The number of hydrogen-bond donors (Lipinski definition) is 1. The minimum Gasteiger partial charge on any atom is -0.338 e. The van der Waals surface area contributed by atoms with Crippen LogP contribution in [0.2, 0.25) is 0 Å². The van der Waals surface area contributed by atoms with E-state index in [0.29, 0.717) is 18.3 Å². The van der Waals surface area contributed by atoms with E-state index in [9.17, 15) is 4.39 Å². The van der Waals surface area contributed by atoms with Crippen LogP contribution in [0.1, 0.15) is 19.2 Å². The predicted octanol–water partition coefficient (Wildman–Crippen LogP) is 2.38. The van der Waals surface area contributed by atoms with Gasteiger partial charge in [0.2, 0.25) is 11.7 Å². The summed E-state index contributed by atoms with van der Waals surface area (Å²) in [4.78, 5) is 4.22.